The minimum Gasteiger partial charge on any atom is -0.454 e. The molecule has 10 nitrogen and oxygen atoms in total. The molecule has 2 aromatic heterocycles. The van der Waals surface area contributed by atoms with Gasteiger partial charge in [0.25, 0.3) is 5.56 Å². The minimum absolute atomic E-state index is 0.126. The standard InChI is InChI=1S/C25H30N4O6/c1-4-5-11-29-23-22(24(31)27-25(29)32)28(12-10-16(2)3)20(26-23)14-33-21(30)9-7-17-6-8-18-19(13-17)35-15-34-18/h6-9,13,16H,4-5,10-12,14-15H2,1-3H3,(H,27,31,32). The van der Waals surface area contributed by atoms with Crippen LogP contribution in [-0.2, 0) is 29.2 Å². The molecule has 0 fully saturated rings. The van der Waals surface area contributed by atoms with Gasteiger partial charge < -0.3 is 18.8 Å². The van der Waals surface area contributed by atoms with Crippen molar-refractivity contribution in [3.63, 3.8) is 0 Å². The molecule has 1 aromatic carbocycles. The fourth-order valence-corrected chi connectivity index (χ4v) is 3.84. The first-order valence-corrected chi connectivity index (χ1v) is 11.8. The number of hydrogen-bond donors (Lipinski definition) is 1. The third-order valence-corrected chi connectivity index (χ3v) is 5.78. The quantitative estimate of drug-likeness (QED) is 0.348. The molecule has 0 amide bonds. The second-order valence-electron chi connectivity index (χ2n) is 8.85. The first-order chi connectivity index (χ1) is 16.9. The van der Waals surface area contributed by atoms with Crippen molar-refractivity contribution < 1.29 is 19.0 Å². The number of esters is 1. The molecule has 0 bridgehead atoms. The Morgan fingerprint density at radius 2 is 2.00 bits per heavy atom. The van der Waals surface area contributed by atoms with E-state index in [4.69, 9.17) is 14.2 Å². The summed E-state index contributed by atoms with van der Waals surface area (Å²) < 4.78 is 19.3. The van der Waals surface area contributed by atoms with Crippen molar-refractivity contribution in [3.05, 3.63) is 56.5 Å². The van der Waals surface area contributed by atoms with Crippen LogP contribution in [0.5, 0.6) is 11.5 Å². The monoisotopic (exact) mass is 482 g/mol. The number of rotatable bonds is 10. The first-order valence-electron chi connectivity index (χ1n) is 11.8. The molecule has 0 saturated heterocycles. The van der Waals surface area contributed by atoms with Crippen LogP contribution >= 0.6 is 0 Å². The van der Waals surface area contributed by atoms with Gasteiger partial charge in [0.15, 0.2) is 22.7 Å². The smallest absolute Gasteiger partial charge is 0.331 e. The highest BCUT2D eigenvalue weighted by Gasteiger charge is 2.19. The average molecular weight is 483 g/mol. The van der Waals surface area contributed by atoms with E-state index in [1.54, 1.807) is 22.8 Å². The summed E-state index contributed by atoms with van der Waals surface area (Å²) in [5, 5.41) is 0. The van der Waals surface area contributed by atoms with Gasteiger partial charge in [0, 0.05) is 19.2 Å². The van der Waals surface area contributed by atoms with Gasteiger partial charge in [0.1, 0.15) is 12.4 Å². The number of nitrogens with one attached hydrogen (secondary N) is 1. The van der Waals surface area contributed by atoms with E-state index in [2.05, 4.69) is 23.8 Å². The number of unbranched alkanes of at least 4 members (excludes halogenated alkanes) is 1. The number of carbonyl (C=O) groups is 1. The zero-order valence-electron chi connectivity index (χ0n) is 20.2. The van der Waals surface area contributed by atoms with Crippen molar-refractivity contribution in [1.82, 2.24) is 19.1 Å². The number of carbonyl (C=O) groups excluding carboxylic acids is 1. The van der Waals surface area contributed by atoms with Crippen molar-refractivity contribution in [3.8, 4) is 11.5 Å². The fraction of sp³-hybridized carbons (Fsp3) is 0.440. The van der Waals surface area contributed by atoms with E-state index in [0.29, 0.717) is 47.5 Å². The van der Waals surface area contributed by atoms with Crippen molar-refractivity contribution in [1.29, 1.82) is 0 Å². The molecule has 0 aliphatic carbocycles. The van der Waals surface area contributed by atoms with Crippen LogP contribution in [0.2, 0.25) is 0 Å². The van der Waals surface area contributed by atoms with Crippen LogP contribution in [0, 0.1) is 5.92 Å². The van der Waals surface area contributed by atoms with Gasteiger partial charge in [-0.1, -0.05) is 33.3 Å². The van der Waals surface area contributed by atoms with E-state index in [-0.39, 0.29) is 13.4 Å². The number of benzene rings is 1. The molecular formula is C25H30N4O6. The number of aromatic nitrogens is 4. The molecular weight excluding hydrogens is 452 g/mol. The summed E-state index contributed by atoms with van der Waals surface area (Å²) >= 11 is 0. The van der Waals surface area contributed by atoms with E-state index < -0.39 is 17.2 Å². The molecule has 35 heavy (non-hydrogen) atoms. The molecule has 3 heterocycles. The third kappa shape index (κ3) is 5.47. The summed E-state index contributed by atoms with van der Waals surface area (Å²) in [6, 6.07) is 5.36. The number of H-pyrrole nitrogens is 1. The largest absolute Gasteiger partial charge is 0.454 e. The Balaban J connectivity index is 1.57. The van der Waals surface area contributed by atoms with Gasteiger partial charge in [0.2, 0.25) is 6.79 Å². The second-order valence-corrected chi connectivity index (χ2v) is 8.85. The van der Waals surface area contributed by atoms with Crippen molar-refractivity contribution >= 4 is 23.2 Å². The minimum atomic E-state index is -0.553. The highest BCUT2D eigenvalue weighted by molar-refractivity contribution is 5.87. The zero-order valence-corrected chi connectivity index (χ0v) is 20.2. The van der Waals surface area contributed by atoms with Gasteiger partial charge in [-0.3, -0.25) is 14.3 Å². The molecule has 0 radical (unpaired) electrons. The second kappa shape index (κ2) is 10.6. The maximum atomic E-state index is 12.7. The first kappa shape index (κ1) is 24.3. The highest BCUT2D eigenvalue weighted by atomic mass is 16.7. The molecule has 1 aliphatic rings. The summed E-state index contributed by atoms with van der Waals surface area (Å²) in [5.41, 5.74) is 0.428. The zero-order chi connectivity index (χ0) is 24.9. The van der Waals surface area contributed by atoms with Crippen LogP contribution in [-0.4, -0.2) is 31.9 Å². The Labute approximate surface area is 202 Å². The molecule has 0 saturated carbocycles. The molecule has 1 N–H and O–H groups in total. The summed E-state index contributed by atoms with van der Waals surface area (Å²) in [6.45, 7) is 7.21. The predicted octanol–water partition coefficient (Wildman–Crippen LogP) is 3.22. The average Bonchev–Trinajstić information content (AvgIpc) is 3.44. The van der Waals surface area contributed by atoms with Crippen molar-refractivity contribution in [2.45, 2.75) is 59.7 Å². The SMILES string of the molecule is CCCCn1c(=O)[nH]c(=O)c2c1nc(COC(=O)C=Cc1ccc3c(c1)OCO3)n2CCC(C)C. The lowest BCUT2D eigenvalue weighted by molar-refractivity contribution is -0.139. The highest BCUT2D eigenvalue weighted by Crippen LogP contribution is 2.32. The normalized spacial score (nSPS) is 12.8. The predicted molar refractivity (Wildman–Crippen MR) is 130 cm³/mol. The van der Waals surface area contributed by atoms with E-state index in [9.17, 15) is 14.4 Å². The van der Waals surface area contributed by atoms with Crippen LogP contribution < -0.4 is 20.7 Å². The fourth-order valence-electron chi connectivity index (χ4n) is 3.84. The maximum absolute atomic E-state index is 12.7. The van der Waals surface area contributed by atoms with Crippen LogP contribution in [0.25, 0.3) is 17.2 Å². The maximum Gasteiger partial charge on any atom is 0.331 e. The Morgan fingerprint density at radius 3 is 2.77 bits per heavy atom. The Hall–Kier alpha value is -3.82. The molecule has 4 rings (SSSR count). The molecule has 3 aromatic rings. The molecule has 0 spiro atoms. The Bertz CT molecular complexity index is 1360. The number of hydrogen-bond acceptors (Lipinski definition) is 7. The number of fused-ring (bicyclic) bond motifs is 2. The summed E-state index contributed by atoms with van der Waals surface area (Å²) in [4.78, 5) is 44.6. The van der Waals surface area contributed by atoms with Gasteiger partial charge in [0.05, 0.1) is 0 Å². The molecule has 0 atom stereocenters. The number of aryl methyl sites for hydroxylation is 2. The molecule has 186 valence electrons. The molecule has 1 aliphatic heterocycles. The van der Waals surface area contributed by atoms with E-state index in [0.717, 1.165) is 24.8 Å². The van der Waals surface area contributed by atoms with E-state index >= 15 is 0 Å². The van der Waals surface area contributed by atoms with Crippen molar-refractivity contribution in [2.24, 2.45) is 5.92 Å². The van der Waals surface area contributed by atoms with Gasteiger partial charge in [-0.15, -0.1) is 0 Å². The number of ether oxygens (including phenoxy) is 3. The number of imidazole rings is 1. The lowest BCUT2D eigenvalue weighted by atomic mass is 10.1. The van der Waals surface area contributed by atoms with Gasteiger partial charge in [-0.05, 0) is 42.5 Å². The van der Waals surface area contributed by atoms with E-state index in [1.165, 1.54) is 10.6 Å². The van der Waals surface area contributed by atoms with Gasteiger partial charge in [-0.2, -0.15) is 0 Å². The van der Waals surface area contributed by atoms with Crippen molar-refractivity contribution in [2.75, 3.05) is 6.79 Å². The third-order valence-electron chi connectivity index (χ3n) is 5.78. The van der Waals surface area contributed by atoms with Gasteiger partial charge in [-0.25, -0.2) is 14.6 Å². The lowest BCUT2D eigenvalue weighted by Crippen LogP contribution is -2.31. The number of nitrogens with zero attached hydrogens (tertiary/aromatic N) is 3. The van der Waals surface area contributed by atoms with Crippen LogP contribution in [0.15, 0.2) is 33.9 Å². The van der Waals surface area contributed by atoms with Crippen LogP contribution in [0.4, 0.5) is 0 Å². The van der Waals surface area contributed by atoms with Crippen LogP contribution in [0.3, 0.4) is 0 Å². The van der Waals surface area contributed by atoms with Gasteiger partial charge >= 0.3 is 11.7 Å². The molecule has 10 heteroatoms. The summed E-state index contributed by atoms with van der Waals surface area (Å²) in [6.07, 6.45) is 5.40. The topological polar surface area (TPSA) is 117 Å². The summed E-state index contributed by atoms with van der Waals surface area (Å²) in [7, 11) is 0. The Kier molecular flexibility index (Phi) is 7.38. The Morgan fingerprint density at radius 1 is 1.20 bits per heavy atom. The van der Waals surface area contributed by atoms with E-state index in [1.807, 2.05) is 13.0 Å². The van der Waals surface area contributed by atoms with Crippen LogP contribution in [0.1, 0.15) is 51.4 Å². The lowest BCUT2D eigenvalue weighted by Gasteiger charge is -2.11. The molecule has 0 unspecified atom stereocenters. The number of aromatic amines is 1. The summed E-state index contributed by atoms with van der Waals surface area (Å²) in [5.74, 6) is 1.54.